The second kappa shape index (κ2) is 8.44. The maximum absolute atomic E-state index is 11.6. The first kappa shape index (κ1) is 22.7. The van der Waals surface area contributed by atoms with Gasteiger partial charge in [0.1, 0.15) is 11.5 Å². The summed E-state index contributed by atoms with van der Waals surface area (Å²) in [6.45, 7) is 12.2. The van der Waals surface area contributed by atoms with Crippen LogP contribution in [0.1, 0.15) is 55.6 Å². The number of phenols is 2. The van der Waals surface area contributed by atoms with Crippen LogP contribution < -0.4 is 0 Å². The van der Waals surface area contributed by atoms with Crippen LogP contribution in [-0.2, 0) is 5.41 Å². The molecule has 0 heterocycles. The fourth-order valence-electron chi connectivity index (χ4n) is 5.02. The fraction of sp³-hybridized carbons (Fsp3) is 0.226. The van der Waals surface area contributed by atoms with Crippen LogP contribution in [-0.4, -0.2) is 10.2 Å². The van der Waals surface area contributed by atoms with E-state index < -0.39 is 5.41 Å². The Hall–Kier alpha value is -3.52. The van der Waals surface area contributed by atoms with E-state index in [4.69, 9.17) is 0 Å². The standard InChI is InChI=1S/C31H32O2/c1-19-17-27(29(32)23(5)21(19)3)31(25-13-9-7-10-14-25,26-15-11-8-12-16-26)28-18-20(2)22(4)24(6)30(28)33/h7-18,32-33H,1-6H3. The average Bonchev–Trinajstić information content (AvgIpc) is 2.84. The van der Waals surface area contributed by atoms with Gasteiger partial charge in [0.25, 0.3) is 0 Å². The minimum atomic E-state index is -0.900. The number of benzene rings is 4. The Morgan fingerprint density at radius 1 is 0.485 bits per heavy atom. The van der Waals surface area contributed by atoms with Crippen molar-refractivity contribution in [3.8, 4) is 11.5 Å². The van der Waals surface area contributed by atoms with E-state index in [1.54, 1.807) is 0 Å². The monoisotopic (exact) mass is 436 g/mol. The van der Waals surface area contributed by atoms with Gasteiger partial charge in [-0.2, -0.15) is 0 Å². The van der Waals surface area contributed by atoms with E-state index in [-0.39, 0.29) is 11.5 Å². The summed E-state index contributed by atoms with van der Waals surface area (Å²) >= 11 is 0. The van der Waals surface area contributed by atoms with Gasteiger partial charge in [0.05, 0.1) is 5.41 Å². The van der Waals surface area contributed by atoms with Crippen LogP contribution in [0.25, 0.3) is 0 Å². The first-order chi connectivity index (χ1) is 15.7. The Kier molecular flexibility index (Phi) is 5.80. The molecule has 0 aliphatic rings. The number of phenolic OH excluding ortho intramolecular Hbond substituents is 2. The third kappa shape index (κ3) is 3.41. The molecule has 0 saturated heterocycles. The Labute approximate surface area is 197 Å². The first-order valence-electron chi connectivity index (χ1n) is 11.4. The molecule has 0 saturated carbocycles. The molecule has 0 spiro atoms. The lowest BCUT2D eigenvalue weighted by molar-refractivity contribution is 0.441. The van der Waals surface area contributed by atoms with Crippen LogP contribution in [0.2, 0.25) is 0 Å². The van der Waals surface area contributed by atoms with Crippen molar-refractivity contribution in [3.63, 3.8) is 0 Å². The molecule has 4 aromatic rings. The molecule has 0 atom stereocenters. The van der Waals surface area contributed by atoms with Gasteiger partial charge < -0.3 is 10.2 Å². The van der Waals surface area contributed by atoms with E-state index in [1.807, 2.05) is 64.1 Å². The van der Waals surface area contributed by atoms with Crippen molar-refractivity contribution < 1.29 is 10.2 Å². The van der Waals surface area contributed by atoms with Gasteiger partial charge in [0.2, 0.25) is 0 Å². The SMILES string of the molecule is Cc1cc(C(c2ccccc2)(c2ccccc2)c2cc(C)c(C)c(C)c2O)c(O)c(C)c1C. The van der Waals surface area contributed by atoms with E-state index in [0.717, 1.165) is 55.6 Å². The van der Waals surface area contributed by atoms with Crippen molar-refractivity contribution in [2.75, 3.05) is 0 Å². The minimum absolute atomic E-state index is 0.265. The van der Waals surface area contributed by atoms with Crippen LogP contribution in [0.3, 0.4) is 0 Å². The second-order valence-electron chi connectivity index (χ2n) is 9.16. The summed E-state index contributed by atoms with van der Waals surface area (Å²) in [5.41, 5.74) is 8.73. The molecule has 0 unspecified atom stereocenters. The number of aryl methyl sites for hydroxylation is 2. The predicted molar refractivity (Wildman–Crippen MR) is 137 cm³/mol. The molecule has 0 fully saturated rings. The number of hydrogen-bond donors (Lipinski definition) is 2. The summed E-state index contributed by atoms with van der Waals surface area (Å²) in [5.74, 6) is 0.530. The Morgan fingerprint density at radius 3 is 1.15 bits per heavy atom. The Bertz CT molecular complexity index is 1210. The van der Waals surface area contributed by atoms with E-state index in [0.29, 0.717) is 0 Å². The highest BCUT2D eigenvalue weighted by molar-refractivity contribution is 5.69. The molecule has 0 amide bonds. The second-order valence-corrected chi connectivity index (χ2v) is 9.16. The van der Waals surface area contributed by atoms with Crippen LogP contribution in [0.5, 0.6) is 11.5 Å². The molecule has 168 valence electrons. The highest BCUT2D eigenvalue weighted by Crippen LogP contribution is 2.53. The van der Waals surface area contributed by atoms with Gasteiger partial charge >= 0.3 is 0 Å². The molecular weight excluding hydrogens is 404 g/mol. The Balaban J connectivity index is 2.31. The summed E-state index contributed by atoms with van der Waals surface area (Å²) in [5, 5.41) is 23.2. The van der Waals surface area contributed by atoms with Crippen molar-refractivity contribution >= 4 is 0 Å². The first-order valence-corrected chi connectivity index (χ1v) is 11.4. The maximum atomic E-state index is 11.6. The van der Waals surface area contributed by atoms with Crippen LogP contribution >= 0.6 is 0 Å². The van der Waals surface area contributed by atoms with Gasteiger partial charge in [-0.1, -0.05) is 72.8 Å². The highest BCUT2D eigenvalue weighted by atomic mass is 16.3. The van der Waals surface area contributed by atoms with Crippen molar-refractivity contribution in [1.82, 2.24) is 0 Å². The number of rotatable bonds is 4. The maximum Gasteiger partial charge on any atom is 0.123 e. The summed E-state index contributed by atoms with van der Waals surface area (Å²) < 4.78 is 0. The molecule has 0 radical (unpaired) electrons. The molecule has 0 aliphatic carbocycles. The van der Waals surface area contributed by atoms with Crippen LogP contribution in [0, 0.1) is 41.5 Å². The molecule has 0 aliphatic heterocycles. The number of aromatic hydroxyl groups is 2. The summed E-state index contributed by atoms with van der Waals surface area (Å²) in [4.78, 5) is 0. The third-order valence-electron chi connectivity index (χ3n) is 7.47. The molecule has 4 aromatic carbocycles. The summed E-state index contributed by atoms with van der Waals surface area (Å²) in [7, 11) is 0. The quantitative estimate of drug-likeness (QED) is 0.329. The molecule has 0 aromatic heterocycles. The van der Waals surface area contributed by atoms with Crippen molar-refractivity contribution in [3.05, 3.63) is 128 Å². The predicted octanol–water partition coefficient (Wildman–Crippen LogP) is 7.33. The molecule has 2 nitrogen and oxygen atoms in total. The minimum Gasteiger partial charge on any atom is -0.507 e. The van der Waals surface area contributed by atoms with Crippen LogP contribution in [0.4, 0.5) is 0 Å². The zero-order chi connectivity index (χ0) is 23.9. The third-order valence-corrected chi connectivity index (χ3v) is 7.47. The average molecular weight is 437 g/mol. The lowest BCUT2D eigenvalue weighted by Crippen LogP contribution is -2.32. The molecule has 4 rings (SSSR count). The van der Waals surface area contributed by atoms with Gasteiger partial charge in [0, 0.05) is 11.1 Å². The van der Waals surface area contributed by atoms with Gasteiger partial charge in [0.15, 0.2) is 0 Å². The van der Waals surface area contributed by atoms with E-state index in [1.165, 1.54) is 0 Å². The van der Waals surface area contributed by atoms with Crippen LogP contribution in [0.15, 0.2) is 72.8 Å². The van der Waals surface area contributed by atoms with E-state index >= 15 is 0 Å². The lowest BCUT2D eigenvalue weighted by Gasteiger charge is -2.39. The lowest BCUT2D eigenvalue weighted by atomic mass is 9.63. The topological polar surface area (TPSA) is 40.5 Å². The summed E-state index contributed by atoms with van der Waals surface area (Å²) in [6, 6.07) is 24.6. The summed E-state index contributed by atoms with van der Waals surface area (Å²) in [6.07, 6.45) is 0. The van der Waals surface area contributed by atoms with Gasteiger partial charge in [-0.15, -0.1) is 0 Å². The largest absolute Gasteiger partial charge is 0.507 e. The van der Waals surface area contributed by atoms with Crippen molar-refractivity contribution in [1.29, 1.82) is 0 Å². The zero-order valence-corrected chi connectivity index (χ0v) is 20.3. The number of hydrogen-bond acceptors (Lipinski definition) is 2. The highest BCUT2D eigenvalue weighted by Gasteiger charge is 2.43. The normalized spacial score (nSPS) is 11.6. The van der Waals surface area contributed by atoms with Gasteiger partial charge in [-0.05, 0) is 86.1 Å². The molecule has 33 heavy (non-hydrogen) atoms. The fourth-order valence-corrected chi connectivity index (χ4v) is 5.02. The van der Waals surface area contributed by atoms with Gasteiger partial charge in [-0.25, -0.2) is 0 Å². The molecule has 0 bridgehead atoms. The molecular formula is C31H32O2. The van der Waals surface area contributed by atoms with Crippen molar-refractivity contribution in [2.45, 2.75) is 47.0 Å². The molecule has 2 heteroatoms. The van der Waals surface area contributed by atoms with Crippen molar-refractivity contribution in [2.24, 2.45) is 0 Å². The van der Waals surface area contributed by atoms with E-state index in [2.05, 4.69) is 50.2 Å². The molecule has 2 N–H and O–H groups in total. The zero-order valence-electron chi connectivity index (χ0n) is 20.3. The van der Waals surface area contributed by atoms with Gasteiger partial charge in [-0.3, -0.25) is 0 Å². The smallest absolute Gasteiger partial charge is 0.123 e. The Morgan fingerprint density at radius 2 is 0.818 bits per heavy atom. The van der Waals surface area contributed by atoms with E-state index in [9.17, 15) is 10.2 Å².